The maximum absolute atomic E-state index is 12.1. The predicted octanol–water partition coefficient (Wildman–Crippen LogP) is 3.77. The van der Waals surface area contributed by atoms with Crippen LogP contribution in [0.2, 0.25) is 0 Å². The second-order valence-electron chi connectivity index (χ2n) is 5.94. The van der Waals surface area contributed by atoms with Crippen LogP contribution < -0.4 is 10.2 Å². The maximum Gasteiger partial charge on any atom is 0.248 e. The molecule has 122 valence electrons. The van der Waals surface area contributed by atoms with Crippen molar-refractivity contribution in [2.75, 3.05) is 16.8 Å². The number of amides is 2. The molecule has 1 N–H and O–H groups in total. The van der Waals surface area contributed by atoms with Gasteiger partial charge in [0.2, 0.25) is 11.8 Å². The smallest absolute Gasteiger partial charge is 0.248 e. The molecular formula is C20H20N2O2. The lowest BCUT2D eigenvalue weighted by molar-refractivity contribution is -0.117. The minimum Gasteiger partial charge on any atom is -0.322 e. The van der Waals surface area contributed by atoms with E-state index in [-0.39, 0.29) is 11.8 Å². The summed E-state index contributed by atoms with van der Waals surface area (Å²) in [5, 5.41) is 2.84. The van der Waals surface area contributed by atoms with Gasteiger partial charge in [0.15, 0.2) is 0 Å². The number of hydrogen-bond donors (Lipinski definition) is 1. The molecule has 0 radical (unpaired) electrons. The SMILES string of the molecule is Cc1cccc(/C=C/C(=O)Nc2cccc(N3CCCC3=O)c2)c1. The van der Waals surface area contributed by atoms with E-state index in [2.05, 4.69) is 5.32 Å². The zero-order valence-corrected chi connectivity index (χ0v) is 13.7. The van der Waals surface area contributed by atoms with Gasteiger partial charge in [0, 0.05) is 30.4 Å². The van der Waals surface area contributed by atoms with Gasteiger partial charge in [-0.3, -0.25) is 9.59 Å². The lowest BCUT2D eigenvalue weighted by Crippen LogP contribution is -2.23. The van der Waals surface area contributed by atoms with Gasteiger partial charge in [-0.05, 0) is 43.2 Å². The number of aryl methyl sites for hydroxylation is 1. The largest absolute Gasteiger partial charge is 0.322 e. The number of benzene rings is 2. The maximum atomic E-state index is 12.1. The standard InChI is InChI=1S/C20H20N2O2/c1-15-5-2-6-16(13-15)10-11-19(23)21-17-7-3-8-18(14-17)22-12-4-9-20(22)24/h2-3,5-8,10-11,13-14H,4,9,12H2,1H3,(H,21,23)/b11-10+. The van der Waals surface area contributed by atoms with E-state index in [9.17, 15) is 9.59 Å². The molecule has 0 aromatic heterocycles. The third-order valence-corrected chi connectivity index (χ3v) is 3.97. The van der Waals surface area contributed by atoms with Gasteiger partial charge in [-0.15, -0.1) is 0 Å². The van der Waals surface area contributed by atoms with E-state index in [1.54, 1.807) is 11.0 Å². The molecule has 1 aliphatic heterocycles. The summed E-state index contributed by atoms with van der Waals surface area (Å²) in [7, 11) is 0. The molecule has 4 nitrogen and oxygen atoms in total. The van der Waals surface area contributed by atoms with Gasteiger partial charge in [-0.25, -0.2) is 0 Å². The van der Waals surface area contributed by atoms with Crippen molar-refractivity contribution in [3.8, 4) is 0 Å². The highest BCUT2D eigenvalue weighted by Gasteiger charge is 2.21. The van der Waals surface area contributed by atoms with Crippen LogP contribution in [0.5, 0.6) is 0 Å². The number of carbonyl (C=O) groups excluding carboxylic acids is 2. The molecule has 2 aromatic carbocycles. The summed E-state index contributed by atoms with van der Waals surface area (Å²) in [4.78, 5) is 25.7. The molecule has 0 saturated carbocycles. The normalized spacial score (nSPS) is 14.4. The van der Waals surface area contributed by atoms with Crippen LogP contribution >= 0.6 is 0 Å². The molecule has 0 bridgehead atoms. The number of hydrogen-bond acceptors (Lipinski definition) is 2. The number of nitrogens with zero attached hydrogens (tertiary/aromatic N) is 1. The average molecular weight is 320 g/mol. The summed E-state index contributed by atoms with van der Waals surface area (Å²) in [6.45, 7) is 2.76. The van der Waals surface area contributed by atoms with Crippen LogP contribution in [0.4, 0.5) is 11.4 Å². The molecule has 4 heteroatoms. The van der Waals surface area contributed by atoms with Gasteiger partial charge in [0.25, 0.3) is 0 Å². The van der Waals surface area contributed by atoms with Gasteiger partial charge >= 0.3 is 0 Å². The van der Waals surface area contributed by atoms with Gasteiger partial charge in [-0.2, -0.15) is 0 Å². The number of anilines is 2. The first-order valence-corrected chi connectivity index (χ1v) is 8.08. The molecule has 1 saturated heterocycles. The van der Waals surface area contributed by atoms with Crippen molar-refractivity contribution in [2.45, 2.75) is 19.8 Å². The molecule has 24 heavy (non-hydrogen) atoms. The van der Waals surface area contributed by atoms with E-state index < -0.39 is 0 Å². The Labute approximate surface area is 141 Å². The van der Waals surface area contributed by atoms with Crippen molar-refractivity contribution in [3.05, 3.63) is 65.7 Å². The summed E-state index contributed by atoms with van der Waals surface area (Å²) >= 11 is 0. The second-order valence-corrected chi connectivity index (χ2v) is 5.94. The predicted molar refractivity (Wildman–Crippen MR) is 96.9 cm³/mol. The van der Waals surface area contributed by atoms with Crippen LogP contribution in [0.25, 0.3) is 6.08 Å². The van der Waals surface area contributed by atoms with E-state index in [0.29, 0.717) is 12.1 Å². The van der Waals surface area contributed by atoms with Crippen molar-refractivity contribution in [1.82, 2.24) is 0 Å². The number of rotatable bonds is 4. The van der Waals surface area contributed by atoms with E-state index in [0.717, 1.165) is 29.8 Å². The minimum atomic E-state index is -0.193. The first-order valence-electron chi connectivity index (χ1n) is 8.08. The molecule has 0 spiro atoms. The van der Waals surface area contributed by atoms with Gasteiger partial charge < -0.3 is 10.2 Å². The van der Waals surface area contributed by atoms with Crippen LogP contribution in [0.1, 0.15) is 24.0 Å². The molecule has 0 unspecified atom stereocenters. The molecule has 0 atom stereocenters. The summed E-state index contributed by atoms with van der Waals surface area (Å²) in [6.07, 6.45) is 4.78. The second kappa shape index (κ2) is 7.13. The Kier molecular flexibility index (Phi) is 4.75. The van der Waals surface area contributed by atoms with Crippen molar-refractivity contribution in [2.24, 2.45) is 0 Å². The Bertz CT molecular complexity index is 796. The van der Waals surface area contributed by atoms with Crippen LogP contribution in [-0.2, 0) is 9.59 Å². The zero-order valence-electron chi connectivity index (χ0n) is 13.7. The van der Waals surface area contributed by atoms with Crippen LogP contribution in [-0.4, -0.2) is 18.4 Å². The van der Waals surface area contributed by atoms with Crippen molar-refractivity contribution >= 4 is 29.3 Å². The zero-order chi connectivity index (χ0) is 16.9. The highest BCUT2D eigenvalue weighted by molar-refractivity contribution is 6.02. The Hall–Kier alpha value is -2.88. The quantitative estimate of drug-likeness (QED) is 0.872. The number of carbonyl (C=O) groups is 2. The Balaban J connectivity index is 1.67. The summed E-state index contributed by atoms with van der Waals surface area (Å²) in [5.74, 6) is -0.0563. The van der Waals surface area contributed by atoms with Crippen molar-refractivity contribution in [1.29, 1.82) is 0 Å². The van der Waals surface area contributed by atoms with Crippen molar-refractivity contribution < 1.29 is 9.59 Å². The first-order chi connectivity index (χ1) is 11.6. The molecule has 3 rings (SSSR count). The third kappa shape index (κ3) is 3.90. The first kappa shape index (κ1) is 16.0. The fraction of sp³-hybridized carbons (Fsp3) is 0.200. The van der Waals surface area contributed by atoms with Crippen LogP contribution in [0, 0.1) is 6.92 Å². The van der Waals surface area contributed by atoms with Crippen molar-refractivity contribution in [3.63, 3.8) is 0 Å². The summed E-state index contributed by atoms with van der Waals surface area (Å²) < 4.78 is 0. The Morgan fingerprint density at radius 1 is 1.17 bits per heavy atom. The third-order valence-electron chi connectivity index (χ3n) is 3.97. The van der Waals surface area contributed by atoms with Crippen LogP contribution in [0.15, 0.2) is 54.6 Å². The van der Waals surface area contributed by atoms with E-state index in [4.69, 9.17) is 0 Å². The van der Waals surface area contributed by atoms with Gasteiger partial charge in [-0.1, -0.05) is 35.9 Å². The van der Waals surface area contributed by atoms with Gasteiger partial charge in [0.05, 0.1) is 0 Å². The number of nitrogens with one attached hydrogen (secondary N) is 1. The highest BCUT2D eigenvalue weighted by atomic mass is 16.2. The van der Waals surface area contributed by atoms with E-state index in [1.807, 2.05) is 55.5 Å². The lowest BCUT2D eigenvalue weighted by atomic mass is 10.1. The molecule has 1 heterocycles. The highest BCUT2D eigenvalue weighted by Crippen LogP contribution is 2.24. The fourth-order valence-electron chi connectivity index (χ4n) is 2.80. The average Bonchev–Trinajstić information content (AvgIpc) is 2.99. The fourth-order valence-corrected chi connectivity index (χ4v) is 2.80. The molecular weight excluding hydrogens is 300 g/mol. The Morgan fingerprint density at radius 3 is 2.75 bits per heavy atom. The Morgan fingerprint density at radius 2 is 2.00 bits per heavy atom. The molecule has 2 amide bonds. The minimum absolute atomic E-state index is 0.137. The van der Waals surface area contributed by atoms with E-state index in [1.165, 1.54) is 6.08 Å². The van der Waals surface area contributed by atoms with Crippen LogP contribution in [0.3, 0.4) is 0 Å². The molecule has 0 aliphatic carbocycles. The molecule has 1 aliphatic rings. The van der Waals surface area contributed by atoms with E-state index >= 15 is 0 Å². The summed E-state index contributed by atoms with van der Waals surface area (Å²) in [5.41, 5.74) is 3.66. The van der Waals surface area contributed by atoms with Gasteiger partial charge in [0.1, 0.15) is 0 Å². The lowest BCUT2D eigenvalue weighted by Gasteiger charge is -2.16. The summed E-state index contributed by atoms with van der Waals surface area (Å²) in [6, 6.07) is 15.3. The monoisotopic (exact) mass is 320 g/mol. The topological polar surface area (TPSA) is 49.4 Å². The molecule has 1 fully saturated rings. The molecule has 2 aromatic rings.